The van der Waals surface area contributed by atoms with Gasteiger partial charge in [0.05, 0.1) is 11.8 Å². The third kappa shape index (κ3) is 1.49. The van der Waals surface area contributed by atoms with E-state index in [-0.39, 0.29) is 0 Å². The molecule has 4 heteroatoms. The zero-order chi connectivity index (χ0) is 9.26. The Kier molecular flexibility index (Phi) is 2.14. The number of rotatable bonds is 2. The van der Waals surface area contributed by atoms with E-state index in [9.17, 15) is 0 Å². The molecule has 0 aliphatic rings. The summed E-state index contributed by atoms with van der Waals surface area (Å²) in [6.07, 6.45) is 2.62. The highest BCUT2D eigenvalue weighted by molar-refractivity contribution is 7.14. The van der Waals surface area contributed by atoms with Gasteiger partial charge in [0.1, 0.15) is 10.8 Å². The molecule has 0 radical (unpaired) electrons. The lowest BCUT2D eigenvalue weighted by molar-refractivity contribution is 0.535. The number of furan rings is 1. The van der Waals surface area contributed by atoms with E-state index in [1.807, 2.05) is 13.0 Å². The molecular weight excluding hydrogens is 184 g/mol. The Morgan fingerprint density at radius 1 is 1.46 bits per heavy atom. The van der Waals surface area contributed by atoms with Crippen LogP contribution < -0.4 is 0 Å². The van der Waals surface area contributed by atoms with Crippen LogP contribution in [0.2, 0.25) is 0 Å². The zero-order valence-electron chi connectivity index (χ0n) is 7.57. The first-order valence-corrected chi connectivity index (χ1v) is 4.99. The van der Waals surface area contributed by atoms with Gasteiger partial charge in [-0.1, -0.05) is 18.3 Å². The van der Waals surface area contributed by atoms with Crippen molar-refractivity contribution < 1.29 is 4.42 Å². The van der Waals surface area contributed by atoms with Crippen LogP contribution in [0, 0.1) is 6.92 Å². The molecule has 68 valence electrons. The normalized spacial score (nSPS) is 10.6. The van der Waals surface area contributed by atoms with E-state index >= 15 is 0 Å². The van der Waals surface area contributed by atoms with Crippen LogP contribution in [-0.2, 0) is 6.42 Å². The van der Waals surface area contributed by atoms with E-state index in [4.69, 9.17) is 4.42 Å². The van der Waals surface area contributed by atoms with E-state index in [0.717, 1.165) is 27.8 Å². The van der Waals surface area contributed by atoms with Crippen molar-refractivity contribution in [3.63, 3.8) is 0 Å². The molecule has 0 fully saturated rings. The summed E-state index contributed by atoms with van der Waals surface area (Å²) in [4.78, 5) is 0. The van der Waals surface area contributed by atoms with Crippen LogP contribution in [0.25, 0.3) is 10.6 Å². The summed E-state index contributed by atoms with van der Waals surface area (Å²) in [7, 11) is 0. The summed E-state index contributed by atoms with van der Waals surface area (Å²) in [5.74, 6) is 0.902. The smallest absolute Gasteiger partial charge is 0.151 e. The molecule has 2 heterocycles. The Labute approximate surface area is 80.4 Å². The molecule has 2 aromatic heterocycles. The minimum absolute atomic E-state index is 0.902. The Bertz CT molecular complexity index is 405. The molecule has 2 aromatic rings. The molecular formula is C9H10N2OS. The highest BCUT2D eigenvalue weighted by Crippen LogP contribution is 2.27. The summed E-state index contributed by atoms with van der Waals surface area (Å²) in [6, 6.07) is 1.93. The number of hydrogen-bond donors (Lipinski definition) is 0. The number of hydrogen-bond acceptors (Lipinski definition) is 4. The maximum absolute atomic E-state index is 5.20. The first-order valence-electron chi connectivity index (χ1n) is 4.18. The highest BCUT2D eigenvalue weighted by atomic mass is 32.1. The minimum atomic E-state index is 0.902. The number of nitrogens with zero attached hydrogens (tertiary/aromatic N) is 2. The van der Waals surface area contributed by atoms with Gasteiger partial charge in [0.25, 0.3) is 0 Å². The molecule has 0 aromatic carbocycles. The molecule has 0 saturated carbocycles. The van der Waals surface area contributed by atoms with Crippen LogP contribution in [0.15, 0.2) is 16.7 Å². The fraction of sp³-hybridized carbons (Fsp3) is 0.333. The first kappa shape index (κ1) is 8.44. The molecule has 0 N–H and O–H groups in total. The van der Waals surface area contributed by atoms with Gasteiger partial charge in [-0.15, -0.1) is 10.2 Å². The van der Waals surface area contributed by atoms with Crippen molar-refractivity contribution in [3.05, 3.63) is 23.1 Å². The molecule has 0 aliphatic heterocycles. The predicted octanol–water partition coefficient (Wildman–Crippen LogP) is 2.67. The molecule has 0 atom stereocenters. The quantitative estimate of drug-likeness (QED) is 0.737. The van der Waals surface area contributed by atoms with Crippen molar-refractivity contribution >= 4 is 11.3 Å². The number of aryl methyl sites for hydroxylation is 2. The van der Waals surface area contributed by atoms with Crippen molar-refractivity contribution in [2.45, 2.75) is 20.3 Å². The minimum Gasteiger partial charge on any atom is -0.469 e. The summed E-state index contributed by atoms with van der Waals surface area (Å²) in [6.45, 7) is 4.01. The lowest BCUT2D eigenvalue weighted by atomic mass is 10.3. The Morgan fingerprint density at radius 3 is 2.85 bits per heavy atom. The molecule has 0 saturated heterocycles. The van der Waals surface area contributed by atoms with Gasteiger partial charge < -0.3 is 4.42 Å². The molecule has 0 unspecified atom stereocenters. The highest BCUT2D eigenvalue weighted by Gasteiger charge is 2.09. The molecule has 0 amide bonds. The van der Waals surface area contributed by atoms with Crippen molar-refractivity contribution in [2.24, 2.45) is 0 Å². The summed E-state index contributed by atoms with van der Waals surface area (Å²) in [5, 5.41) is 10.2. The first-order chi connectivity index (χ1) is 6.31. The molecule has 0 spiro atoms. The third-order valence-corrected chi connectivity index (χ3v) is 2.96. The monoisotopic (exact) mass is 194 g/mol. The molecule has 0 bridgehead atoms. The van der Waals surface area contributed by atoms with E-state index in [0.29, 0.717) is 0 Å². The van der Waals surface area contributed by atoms with E-state index in [1.165, 1.54) is 0 Å². The van der Waals surface area contributed by atoms with Crippen LogP contribution in [-0.4, -0.2) is 10.2 Å². The van der Waals surface area contributed by atoms with Gasteiger partial charge in [0.2, 0.25) is 0 Å². The molecule has 13 heavy (non-hydrogen) atoms. The van der Waals surface area contributed by atoms with Gasteiger partial charge in [-0.05, 0) is 19.4 Å². The van der Waals surface area contributed by atoms with Gasteiger partial charge in [0.15, 0.2) is 5.01 Å². The average Bonchev–Trinajstić information content (AvgIpc) is 2.71. The standard InChI is InChI=1S/C9H10N2OS/c1-3-8-10-11-9(13-8)7-4-5-12-6(7)2/h4-5H,3H2,1-2H3. The second-order valence-electron chi connectivity index (χ2n) is 2.74. The molecule has 3 nitrogen and oxygen atoms in total. The predicted molar refractivity (Wildman–Crippen MR) is 51.7 cm³/mol. The van der Waals surface area contributed by atoms with Gasteiger partial charge >= 0.3 is 0 Å². The van der Waals surface area contributed by atoms with Crippen molar-refractivity contribution in [3.8, 4) is 10.6 Å². The molecule has 0 aliphatic carbocycles. The zero-order valence-corrected chi connectivity index (χ0v) is 8.39. The van der Waals surface area contributed by atoms with Crippen molar-refractivity contribution in [1.82, 2.24) is 10.2 Å². The summed E-state index contributed by atoms with van der Waals surface area (Å²) in [5.41, 5.74) is 1.05. The lowest BCUT2D eigenvalue weighted by Crippen LogP contribution is -1.77. The second kappa shape index (κ2) is 3.30. The van der Waals surface area contributed by atoms with Gasteiger partial charge in [-0.3, -0.25) is 0 Å². The maximum Gasteiger partial charge on any atom is 0.151 e. The summed E-state index contributed by atoms with van der Waals surface area (Å²) < 4.78 is 5.20. The average molecular weight is 194 g/mol. The van der Waals surface area contributed by atoms with Gasteiger partial charge in [-0.2, -0.15) is 0 Å². The largest absolute Gasteiger partial charge is 0.469 e. The Balaban J connectivity index is 2.41. The van der Waals surface area contributed by atoms with Crippen molar-refractivity contribution in [1.29, 1.82) is 0 Å². The topological polar surface area (TPSA) is 38.9 Å². The van der Waals surface area contributed by atoms with Crippen LogP contribution in [0.3, 0.4) is 0 Å². The van der Waals surface area contributed by atoms with E-state index in [2.05, 4.69) is 17.1 Å². The van der Waals surface area contributed by atoms with E-state index < -0.39 is 0 Å². The maximum atomic E-state index is 5.20. The summed E-state index contributed by atoms with van der Waals surface area (Å²) >= 11 is 1.62. The van der Waals surface area contributed by atoms with Gasteiger partial charge in [-0.25, -0.2) is 0 Å². The fourth-order valence-electron chi connectivity index (χ4n) is 1.11. The van der Waals surface area contributed by atoms with Crippen LogP contribution in [0.1, 0.15) is 17.7 Å². The number of aromatic nitrogens is 2. The van der Waals surface area contributed by atoms with E-state index in [1.54, 1.807) is 17.6 Å². The van der Waals surface area contributed by atoms with Gasteiger partial charge in [0, 0.05) is 0 Å². The molecule has 2 rings (SSSR count). The Hall–Kier alpha value is -1.16. The van der Waals surface area contributed by atoms with Crippen LogP contribution in [0.4, 0.5) is 0 Å². The second-order valence-corrected chi connectivity index (χ2v) is 3.81. The van der Waals surface area contributed by atoms with Crippen LogP contribution >= 0.6 is 11.3 Å². The third-order valence-electron chi connectivity index (χ3n) is 1.86. The fourth-order valence-corrected chi connectivity index (χ4v) is 1.96. The Morgan fingerprint density at radius 2 is 2.31 bits per heavy atom. The van der Waals surface area contributed by atoms with Crippen molar-refractivity contribution in [2.75, 3.05) is 0 Å². The lowest BCUT2D eigenvalue weighted by Gasteiger charge is -1.88. The SMILES string of the molecule is CCc1nnc(-c2ccoc2C)s1. The van der Waals surface area contributed by atoms with Crippen LogP contribution in [0.5, 0.6) is 0 Å².